The lowest BCUT2D eigenvalue weighted by molar-refractivity contribution is 0.612. The van der Waals surface area contributed by atoms with Crippen LogP contribution < -0.4 is 11.5 Å². The third-order valence-electron chi connectivity index (χ3n) is 2.64. The minimum atomic E-state index is 0.661. The molecule has 2 nitrogen and oxygen atoms in total. The Morgan fingerprint density at radius 2 is 1.50 bits per heavy atom. The Bertz CT molecular complexity index is 158. The van der Waals surface area contributed by atoms with Crippen LogP contribution >= 0.6 is 0 Å². The quantitative estimate of drug-likeness (QED) is 0.429. The zero-order chi connectivity index (χ0) is 13.9. The van der Waals surface area contributed by atoms with Crippen molar-refractivity contribution in [3.05, 3.63) is 24.8 Å². The van der Waals surface area contributed by atoms with E-state index >= 15 is 0 Å². The summed E-state index contributed by atoms with van der Waals surface area (Å²) in [6.07, 6.45) is 17.5. The highest BCUT2D eigenvalue weighted by molar-refractivity contribution is 4.82. The third kappa shape index (κ3) is 24.6. The molecule has 108 valence electrons. The van der Waals surface area contributed by atoms with Gasteiger partial charge in [-0.3, -0.25) is 0 Å². The third-order valence-corrected chi connectivity index (χ3v) is 2.64. The second-order valence-electron chi connectivity index (χ2n) is 4.48. The Morgan fingerprint density at radius 1 is 0.833 bits per heavy atom. The fourth-order valence-corrected chi connectivity index (χ4v) is 1.52. The summed E-state index contributed by atoms with van der Waals surface area (Å²) in [4.78, 5) is 0. The predicted octanol–water partition coefficient (Wildman–Crippen LogP) is 4.16. The molecular formula is C16H34N2. The highest BCUT2D eigenvalue weighted by Crippen LogP contribution is 2.03. The molecule has 0 aliphatic carbocycles. The molecule has 0 atom stereocenters. The van der Waals surface area contributed by atoms with E-state index in [4.69, 9.17) is 11.5 Å². The van der Waals surface area contributed by atoms with Gasteiger partial charge in [0.25, 0.3) is 0 Å². The Morgan fingerprint density at radius 3 is 2.06 bits per heavy atom. The van der Waals surface area contributed by atoms with Gasteiger partial charge in [-0.25, -0.2) is 0 Å². The van der Waals surface area contributed by atoms with E-state index in [9.17, 15) is 0 Å². The Labute approximate surface area is 115 Å². The normalized spacial score (nSPS) is 10.2. The average molecular weight is 254 g/mol. The van der Waals surface area contributed by atoms with Gasteiger partial charge in [0.05, 0.1) is 0 Å². The SMILES string of the molecule is C=CCCCC=CCN.CCCCCCCCN. The van der Waals surface area contributed by atoms with Gasteiger partial charge >= 0.3 is 0 Å². The lowest BCUT2D eigenvalue weighted by atomic mass is 10.1. The molecule has 0 radical (unpaired) electrons. The number of hydrogen-bond donors (Lipinski definition) is 2. The van der Waals surface area contributed by atoms with Gasteiger partial charge in [0.1, 0.15) is 0 Å². The van der Waals surface area contributed by atoms with Crippen molar-refractivity contribution in [1.29, 1.82) is 0 Å². The van der Waals surface area contributed by atoms with Gasteiger partial charge in [0.15, 0.2) is 0 Å². The van der Waals surface area contributed by atoms with E-state index in [1.807, 2.05) is 12.2 Å². The number of hydrogen-bond acceptors (Lipinski definition) is 2. The van der Waals surface area contributed by atoms with Crippen LogP contribution in [0.3, 0.4) is 0 Å². The molecule has 0 aromatic heterocycles. The zero-order valence-corrected chi connectivity index (χ0v) is 12.4. The van der Waals surface area contributed by atoms with Gasteiger partial charge in [-0.2, -0.15) is 0 Å². The van der Waals surface area contributed by atoms with Crippen molar-refractivity contribution >= 4 is 0 Å². The van der Waals surface area contributed by atoms with Crippen LogP contribution in [-0.2, 0) is 0 Å². The van der Waals surface area contributed by atoms with Gasteiger partial charge in [0, 0.05) is 6.54 Å². The van der Waals surface area contributed by atoms with Crippen molar-refractivity contribution in [2.75, 3.05) is 13.1 Å². The smallest absolute Gasteiger partial charge is 0.0106 e. The number of allylic oxidation sites excluding steroid dienone is 2. The molecule has 0 saturated carbocycles. The van der Waals surface area contributed by atoms with Gasteiger partial charge < -0.3 is 11.5 Å². The molecule has 0 aromatic rings. The van der Waals surface area contributed by atoms with Gasteiger partial charge in [-0.05, 0) is 32.2 Å². The van der Waals surface area contributed by atoms with E-state index in [1.54, 1.807) is 0 Å². The molecular weight excluding hydrogens is 220 g/mol. The molecule has 0 heterocycles. The first kappa shape index (κ1) is 19.7. The molecule has 4 N–H and O–H groups in total. The summed E-state index contributed by atoms with van der Waals surface area (Å²) in [6, 6.07) is 0. The van der Waals surface area contributed by atoms with Gasteiger partial charge in [0.2, 0.25) is 0 Å². The van der Waals surface area contributed by atoms with Crippen molar-refractivity contribution < 1.29 is 0 Å². The van der Waals surface area contributed by atoms with Crippen LogP contribution in [0.25, 0.3) is 0 Å². The maximum Gasteiger partial charge on any atom is 0.0106 e. The number of unbranched alkanes of at least 4 members (excludes halogenated alkanes) is 7. The van der Waals surface area contributed by atoms with Crippen LogP contribution in [0.4, 0.5) is 0 Å². The van der Waals surface area contributed by atoms with E-state index < -0.39 is 0 Å². The van der Waals surface area contributed by atoms with Crippen molar-refractivity contribution in [2.45, 2.75) is 64.7 Å². The van der Waals surface area contributed by atoms with Crippen LogP contribution in [0.5, 0.6) is 0 Å². The summed E-state index contributed by atoms with van der Waals surface area (Å²) in [5, 5.41) is 0. The minimum Gasteiger partial charge on any atom is -0.330 e. The molecule has 0 aliphatic heterocycles. The standard InChI is InChI=1S/C8H19N.C8H15N/c2*1-2-3-4-5-6-7-8-9/h2-9H2,1H3;2,6-7H,1,3-5,8-9H2. The lowest BCUT2D eigenvalue weighted by Crippen LogP contribution is -1.97. The maximum absolute atomic E-state index is 5.34. The zero-order valence-electron chi connectivity index (χ0n) is 12.4. The molecule has 2 heteroatoms. The summed E-state index contributed by atoms with van der Waals surface area (Å²) < 4.78 is 0. The summed E-state index contributed by atoms with van der Waals surface area (Å²) >= 11 is 0. The molecule has 0 aromatic carbocycles. The summed E-state index contributed by atoms with van der Waals surface area (Å²) in [5.74, 6) is 0. The van der Waals surface area contributed by atoms with E-state index in [-0.39, 0.29) is 0 Å². The topological polar surface area (TPSA) is 52.0 Å². The highest BCUT2D eigenvalue weighted by atomic mass is 14.5. The van der Waals surface area contributed by atoms with E-state index in [2.05, 4.69) is 19.6 Å². The molecule has 0 fully saturated rings. The Kier molecular flexibility index (Phi) is 23.7. The van der Waals surface area contributed by atoms with Crippen molar-refractivity contribution in [1.82, 2.24) is 0 Å². The molecule has 0 spiro atoms. The maximum atomic E-state index is 5.34. The number of rotatable bonds is 11. The second kappa shape index (κ2) is 21.7. The number of nitrogens with two attached hydrogens (primary N) is 2. The van der Waals surface area contributed by atoms with Gasteiger partial charge in [-0.1, -0.05) is 57.3 Å². The highest BCUT2D eigenvalue weighted by Gasteiger charge is 1.85. The summed E-state index contributed by atoms with van der Waals surface area (Å²) in [5.41, 5.74) is 10.6. The van der Waals surface area contributed by atoms with Crippen molar-refractivity contribution in [2.24, 2.45) is 11.5 Å². The first-order chi connectivity index (χ1) is 8.83. The molecule has 0 saturated heterocycles. The van der Waals surface area contributed by atoms with E-state index in [0.717, 1.165) is 19.4 Å². The van der Waals surface area contributed by atoms with Crippen LogP contribution in [0.2, 0.25) is 0 Å². The van der Waals surface area contributed by atoms with Crippen LogP contribution in [0.15, 0.2) is 24.8 Å². The Balaban J connectivity index is 0. The van der Waals surface area contributed by atoms with Crippen LogP contribution in [-0.4, -0.2) is 13.1 Å². The first-order valence-corrected chi connectivity index (χ1v) is 7.49. The fourth-order valence-electron chi connectivity index (χ4n) is 1.52. The predicted molar refractivity (Wildman–Crippen MR) is 84.7 cm³/mol. The van der Waals surface area contributed by atoms with Gasteiger partial charge in [-0.15, -0.1) is 6.58 Å². The largest absolute Gasteiger partial charge is 0.330 e. The monoisotopic (exact) mass is 254 g/mol. The van der Waals surface area contributed by atoms with Crippen LogP contribution in [0.1, 0.15) is 64.7 Å². The molecule has 0 unspecified atom stereocenters. The first-order valence-electron chi connectivity index (χ1n) is 7.49. The molecule has 0 rings (SSSR count). The lowest BCUT2D eigenvalue weighted by Gasteiger charge is -1.96. The fraction of sp³-hybridized carbons (Fsp3) is 0.750. The van der Waals surface area contributed by atoms with E-state index in [1.165, 1.54) is 44.9 Å². The molecule has 18 heavy (non-hydrogen) atoms. The molecule has 0 bridgehead atoms. The minimum absolute atomic E-state index is 0.661. The van der Waals surface area contributed by atoms with Crippen LogP contribution in [0, 0.1) is 0 Å². The van der Waals surface area contributed by atoms with Crippen molar-refractivity contribution in [3.8, 4) is 0 Å². The van der Waals surface area contributed by atoms with E-state index in [0.29, 0.717) is 6.54 Å². The molecule has 0 aliphatic rings. The Hall–Kier alpha value is -0.600. The summed E-state index contributed by atoms with van der Waals surface area (Å²) in [6.45, 7) is 7.40. The molecule has 0 amide bonds. The second-order valence-corrected chi connectivity index (χ2v) is 4.48. The average Bonchev–Trinajstić information content (AvgIpc) is 2.39. The van der Waals surface area contributed by atoms with Crippen molar-refractivity contribution in [3.63, 3.8) is 0 Å². The summed E-state index contributed by atoms with van der Waals surface area (Å²) in [7, 11) is 0.